The zero-order chi connectivity index (χ0) is 13.8. The van der Waals surface area contributed by atoms with Gasteiger partial charge in [0.25, 0.3) is 0 Å². The maximum absolute atomic E-state index is 10.1. The van der Waals surface area contributed by atoms with Crippen molar-refractivity contribution in [3.8, 4) is 0 Å². The SMILES string of the molecule is Cc1ccc(CC(O)Cc2cccc(Cl)c2Cl)cc1. The van der Waals surface area contributed by atoms with Gasteiger partial charge in [-0.2, -0.15) is 0 Å². The van der Waals surface area contributed by atoms with Crippen molar-refractivity contribution >= 4 is 23.2 Å². The summed E-state index contributed by atoms with van der Waals surface area (Å²) in [6, 6.07) is 13.7. The molecule has 0 amide bonds. The van der Waals surface area contributed by atoms with E-state index in [1.54, 1.807) is 6.07 Å². The molecule has 2 aromatic rings. The molecule has 0 bridgehead atoms. The third-order valence-corrected chi connectivity index (χ3v) is 3.94. The Bertz CT molecular complexity index is 549. The number of aliphatic hydroxyl groups excluding tert-OH is 1. The van der Waals surface area contributed by atoms with Crippen LogP contribution in [0.4, 0.5) is 0 Å². The predicted molar refractivity (Wildman–Crippen MR) is 81.1 cm³/mol. The van der Waals surface area contributed by atoms with Gasteiger partial charge in [-0.05, 0) is 30.5 Å². The van der Waals surface area contributed by atoms with E-state index in [4.69, 9.17) is 23.2 Å². The molecule has 100 valence electrons. The summed E-state index contributed by atoms with van der Waals surface area (Å²) in [5.74, 6) is 0. The molecule has 1 unspecified atom stereocenters. The minimum atomic E-state index is -0.460. The second-order valence-electron chi connectivity index (χ2n) is 4.76. The lowest BCUT2D eigenvalue weighted by atomic mass is 10.0. The summed E-state index contributed by atoms with van der Waals surface area (Å²) in [6.07, 6.45) is 0.662. The van der Waals surface area contributed by atoms with Crippen molar-refractivity contribution in [3.63, 3.8) is 0 Å². The monoisotopic (exact) mass is 294 g/mol. The van der Waals surface area contributed by atoms with Gasteiger partial charge in [-0.1, -0.05) is 65.2 Å². The minimum absolute atomic E-state index is 0.460. The molecule has 0 radical (unpaired) electrons. The number of hydrogen-bond donors (Lipinski definition) is 1. The van der Waals surface area contributed by atoms with Crippen LogP contribution < -0.4 is 0 Å². The number of benzene rings is 2. The van der Waals surface area contributed by atoms with Crippen molar-refractivity contribution in [1.82, 2.24) is 0 Å². The molecule has 0 saturated heterocycles. The van der Waals surface area contributed by atoms with Crippen LogP contribution in [-0.2, 0) is 12.8 Å². The van der Waals surface area contributed by atoms with Gasteiger partial charge in [0.05, 0.1) is 16.1 Å². The highest BCUT2D eigenvalue weighted by Crippen LogP contribution is 2.26. The van der Waals surface area contributed by atoms with Gasteiger partial charge in [-0.3, -0.25) is 0 Å². The molecule has 0 aliphatic carbocycles. The first-order valence-electron chi connectivity index (χ1n) is 6.23. The van der Waals surface area contributed by atoms with Gasteiger partial charge in [-0.15, -0.1) is 0 Å². The lowest BCUT2D eigenvalue weighted by molar-refractivity contribution is 0.175. The maximum Gasteiger partial charge on any atom is 0.0625 e. The largest absolute Gasteiger partial charge is 0.392 e. The summed E-state index contributed by atoms with van der Waals surface area (Å²) >= 11 is 12.1. The van der Waals surface area contributed by atoms with Crippen LogP contribution in [0.1, 0.15) is 16.7 Å². The van der Waals surface area contributed by atoms with Crippen LogP contribution in [0.25, 0.3) is 0 Å². The van der Waals surface area contributed by atoms with E-state index < -0.39 is 6.10 Å². The highest BCUT2D eigenvalue weighted by molar-refractivity contribution is 6.42. The Balaban J connectivity index is 2.03. The maximum atomic E-state index is 10.1. The molecule has 0 aliphatic heterocycles. The van der Waals surface area contributed by atoms with Crippen molar-refractivity contribution < 1.29 is 5.11 Å². The molecule has 19 heavy (non-hydrogen) atoms. The van der Waals surface area contributed by atoms with Gasteiger partial charge in [0.15, 0.2) is 0 Å². The van der Waals surface area contributed by atoms with E-state index in [1.165, 1.54) is 5.56 Å². The Labute approximate surface area is 123 Å². The lowest BCUT2D eigenvalue weighted by Crippen LogP contribution is -2.14. The van der Waals surface area contributed by atoms with Crippen molar-refractivity contribution in [2.24, 2.45) is 0 Å². The highest BCUT2D eigenvalue weighted by Gasteiger charge is 2.11. The number of halogens is 2. The molecular formula is C16H16Cl2O. The van der Waals surface area contributed by atoms with Crippen LogP contribution in [0.2, 0.25) is 10.0 Å². The molecule has 1 N–H and O–H groups in total. The average Bonchev–Trinajstić information content (AvgIpc) is 2.38. The van der Waals surface area contributed by atoms with E-state index >= 15 is 0 Å². The Morgan fingerprint density at radius 2 is 1.68 bits per heavy atom. The van der Waals surface area contributed by atoms with Crippen molar-refractivity contribution in [1.29, 1.82) is 0 Å². The number of aryl methyl sites for hydroxylation is 1. The van der Waals surface area contributed by atoms with Gasteiger partial charge < -0.3 is 5.11 Å². The summed E-state index contributed by atoms with van der Waals surface area (Å²) < 4.78 is 0. The predicted octanol–water partition coefficient (Wildman–Crippen LogP) is 4.45. The van der Waals surface area contributed by atoms with E-state index in [-0.39, 0.29) is 0 Å². The Kier molecular flexibility index (Phi) is 4.87. The van der Waals surface area contributed by atoms with E-state index in [2.05, 4.69) is 12.1 Å². The summed E-state index contributed by atoms with van der Waals surface area (Å²) in [5, 5.41) is 11.2. The van der Waals surface area contributed by atoms with Crippen LogP contribution in [0, 0.1) is 6.92 Å². The molecule has 0 aliphatic rings. The fraction of sp³-hybridized carbons (Fsp3) is 0.250. The average molecular weight is 295 g/mol. The number of hydrogen-bond acceptors (Lipinski definition) is 1. The van der Waals surface area contributed by atoms with Gasteiger partial charge in [0, 0.05) is 6.42 Å². The summed E-state index contributed by atoms with van der Waals surface area (Å²) in [5.41, 5.74) is 3.22. The molecule has 1 atom stereocenters. The fourth-order valence-corrected chi connectivity index (χ4v) is 2.43. The van der Waals surface area contributed by atoms with E-state index in [0.717, 1.165) is 11.1 Å². The van der Waals surface area contributed by atoms with E-state index in [1.807, 2.05) is 31.2 Å². The topological polar surface area (TPSA) is 20.2 Å². The molecule has 0 spiro atoms. The van der Waals surface area contributed by atoms with Crippen molar-refractivity contribution in [3.05, 3.63) is 69.2 Å². The molecular weight excluding hydrogens is 279 g/mol. The summed E-state index contributed by atoms with van der Waals surface area (Å²) in [6.45, 7) is 2.05. The quantitative estimate of drug-likeness (QED) is 0.883. The smallest absolute Gasteiger partial charge is 0.0625 e. The summed E-state index contributed by atoms with van der Waals surface area (Å²) in [7, 11) is 0. The third-order valence-electron chi connectivity index (χ3n) is 3.08. The molecule has 3 heteroatoms. The van der Waals surface area contributed by atoms with Crippen LogP contribution in [0.15, 0.2) is 42.5 Å². The molecule has 0 fully saturated rings. The van der Waals surface area contributed by atoms with Crippen molar-refractivity contribution in [2.45, 2.75) is 25.9 Å². The molecule has 2 aromatic carbocycles. The van der Waals surface area contributed by atoms with Crippen molar-refractivity contribution in [2.75, 3.05) is 0 Å². The van der Waals surface area contributed by atoms with Gasteiger partial charge in [0.1, 0.15) is 0 Å². The highest BCUT2D eigenvalue weighted by atomic mass is 35.5. The van der Waals surface area contributed by atoms with Crippen LogP contribution in [0.5, 0.6) is 0 Å². The zero-order valence-electron chi connectivity index (χ0n) is 10.7. The molecule has 2 rings (SSSR count). The van der Waals surface area contributed by atoms with Crippen LogP contribution >= 0.6 is 23.2 Å². The first-order valence-corrected chi connectivity index (χ1v) is 6.98. The summed E-state index contributed by atoms with van der Waals surface area (Å²) in [4.78, 5) is 0. The minimum Gasteiger partial charge on any atom is -0.392 e. The lowest BCUT2D eigenvalue weighted by Gasteiger charge is -2.12. The van der Waals surface area contributed by atoms with E-state index in [9.17, 15) is 5.11 Å². The fourth-order valence-electron chi connectivity index (χ4n) is 2.03. The standard InChI is InChI=1S/C16H16Cl2O/c1-11-5-7-12(8-6-11)9-14(19)10-13-3-2-4-15(17)16(13)18/h2-8,14,19H,9-10H2,1H3. The zero-order valence-corrected chi connectivity index (χ0v) is 12.2. The van der Waals surface area contributed by atoms with Crippen LogP contribution in [0.3, 0.4) is 0 Å². The van der Waals surface area contributed by atoms with Gasteiger partial charge in [-0.25, -0.2) is 0 Å². The second-order valence-corrected chi connectivity index (χ2v) is 5.55. The Morgan fingerprint density at radius 3 is 2.37 bits per heavy atom. The second kappa shape index (κ2) is 6.42. The van der Waals surface area contributed by atoms with Gasteiger partial charge in [0.2, 0.25) is 0 Å². The van der Waals surface area contributed by atoms with E-state index in [0.29, 0.717) is 22.9 Å². The first-order chi connectivity index (χ1) is 9.06. The number of rotatable bonds is 4. The Hall–Kier alpha value is -1.02. The third kappa shape index (κ3) is 3.97. The normalized spacial score (nSPS) is 12.4. The molecule has 0 heterocycles. The first kappa shape index (κ1) is 14.4. The molecule has 0 saturated carbocycles. The molecule has 1 nitrogen and oxygen atoms in total. The Morgan fingerprint density at radius 1 is 1.00 bits per heavy atom. The van der Waals surface area contributed by atoms with Crippen LogP contribution in [-0.4, -0.2) is 11.2 Å². The number of aliphatic hydroxyl groups is 1. The molecule has 0 aromatic heterocycles. The van der Waals surface area contributed by atoms with Gasteiger partial charge >= 0.3 is 0 Å².